The largest absolute Gasteiger partial charge is 0.310 e. The van der Waals surface area contributed by atoms with Crippen molar-refractivity contribution in [3.63, 3.8) is 0 Å². The fourth-order valence-electron chi connectivity index (χ4n) is 5.98. The van der Waals surface area contributed by atoms with Gasteiger partial charge in [-0.05, 0) is 58.7 Å². The van der Waals surface area contributed by atoms with Gasteiger partial charge in [0.1, 0.15) is 0 Å². The van der Waals surface area contributed by atoms with Crippen LogP contribution < -0.4 is 4.90 Å². The van der Waals surface area contributed by atoms with Gasteiger partial charge in [0.15, 0.2) is 0 Å². The fraction of sp³-hybridized carbons (Fsp3) is 0.0789. The van der Waals surface area contributed by atoms with E-state index in [9.17, 15) is 0 Å². The van der Waals surface area contributed by atoms with E-state index in [4.69, 9.17) is 4.98 Å². The molecule has 0 amide bonds. The number of pyridine rings is 1. The third-order valence-electron chi connectivity index (χ3n) is 8.04. The molecule has 0 N–H and O–H groups in total. The van der Waals surface area contributed by atoms with Gasteiger partial charge in [-0.3, -0.25) is 0 Å². The number of benzene rings is 5. The van der Waals surface area contributed by atoms with Crippen LogP contribution in [-0.4, -0.2) is 4.98 Å². The third kappa shape index (κ3) is 4.10. The Labute approximate surface area is 236 Å². The number of hydrogen-bond acceptors (Lipinski definition) is 2. The zero-order valence-electron chi connectivity index (χ0n) is 22.8. The monoisotopic (exact) mass is 514 g/mol. The van der Waals surface area contributed by atoms with Crippen molar-refractivity contribution < 1.29 is 0 Å². The molecule has 6 aromatic rings. The number of para-hydroxylation sites is 2. The lowest BCUT2D eigenvalue weighted by molar-refractivity contribution is 0.632. The number of hydrogen-bond donors (Lipinski definition) is 0. The molecule has 0 bridgehead atoms. The van der Waals surface area contributed by atoms with Crippen LogP contribution in [-0.2, 0) is 5.41 Å². The number of fused-ring (bicyclic) bond motifs is 2. The average molecular weight is 515 g/mol. The summed E-state index contributed by atoms with van der Waals surface area (Å²) >= 11 is 0. The zero-order valence-corrected chi connectivity index (χ0v) is 22.8. The normalized spacial score (nSPS) is 13.4. The van der Waals surface area contributed by atoms with Gasteiger partial charge in [-0.2, -0.15) is 0 Å². The van der Waals surface area contributed by atoms with E-state index in [1.165, 1.54) is 22.5 Å². The van der Waals surface area contributed by atoms with Gasteiger partial charge in [-0.15, -0.1) is 0 Å². The van der Waals surface area contributed by atoms with Gasteiger partial charge in [0.2, 0.25) is 0 Å². The number of rotatable bonds is 4. The summed E-state index contributed by atoms with van der Waals surface area (Å²) in [4.78, 5) is 7.49. The van der Waals surface area contributed by atoms with Crippen molar-refractivity contribution >= 4 is 17.1 Å². The minimum absolute atomic E-state index is 0.0818. The van der Waals surface area contributed by atoms with E-state index < -0.39 is 0 Å². The molecule has 0 atom stereocenters. The molecule has 192 valence electrons. The predicted octanol–water partition coefficient (Wildman–Crippen LogP) is 10.2. The van der Waals surface area contributed by atoms with Crippen LogP contribution in [0.5, 0.6) is 0 Å². The van der Waals surface area contributed by atoms with E-state index in [0.29, 0.717) is 0 Å². The second-order valence-electron chi connectivity index (χ2n) is 10.9. The maximum Gasteiger partial charge on any atom is 0.0715 e. The highest BCUT2D eigenvalue weighted by Gasteiger charge is 2.36. The molecule has 1 aromatic heterocycles. The number of aromatic nitrogens is 1. The molecule has 2 heterocycles. The Morgan fingerprint density at radius 3 is 1.48 bits per heavy atom. The second-order valence-corrected chi connectivity index (χ2v) is 10.9. The summed E-state index contributed by atoms with van der Waals surface area (Å²) in [6.45, 7) is 4.65. The molecule has 0 spiro atoms. The lowest BCUT2D eigenvalue weighted by Gasteiger charge is -2.42. The van der Waals surface area contributed by atoms with Crippen LogP contribution in [0.15, 0.2) is 146 Å². The van der Waals surface area contributed by atoms with E-state index in [2.05, 4.69) is 152 Å². The summed E-state index contributed by atoms with van der Waals surface area (Å²) in [6.07, 6.45) is 0. The number of anilines is 3. The second kappa shape index (κ2) is 9.66. The standard InChI is InChI=1S/C38H30N2/c1-38(2)32-20-9-11-22-36(32)40(37-23-12-10-21-33(37)38)31-19-13-18-29(24-31)30-25-34(27-14-5-3-6-15-27)39-35(26-30)28-16-7-4-8-17-28/h3-26H,1-2H3. The predicted molar refractivity (Wildman–Crippen MR) is 167 cm³/mol. The van der Waals surface area contributed by atoms with Crippen molar-refractivity contribution in [2.75, 3.05) is 4.90 Å². The SMILES string of the molecule is CC1(C)c2ccccc2N(c2cccc(-c3cc(-c4ccccc4)nc(-c4ccccc4)c3)c2)c2ccccc21. The lowest BCUT2D eigenvalue weighted by atomic mass is 9.73. The molecule has 2 nitrogen and oxygen atoms in total. The molecule has 7 rings (SSSR count). The highest BCUT2D eigenvalue weighted by Crippen LogP contribution is 2.51. The zero-order chi connectivity index (χ0) is 27.1. The van der Waals surface area contributed by atoms with Gasteiger partial charge in [-0.1, -0.05) is 123 Å². The summed E-state index contributed by atoms with van der Waals surface area (Å²) in [5.41, 5.74) is 12.7. The summed E-state index contributed by atoms with van der Waals surface area (Å²) in [6, 6.07) is 51.8. The van der Waals surface area contributed by atoms with Gasteiger partial charge < -0.3 is 4.90 Å². The molecular weight excluding hydrogens is 484 g/mol. The first-order valence-corrected chi connectivity index (χ1v) is 13.8. The molecule has 40 heavy (non-hydrogen) atoms. The maximum absolute atomic E-state index is 5.08. The highest BCUT2D eigenvalue weighted by atomic mass is 15.2. The Hall–Kier alpha value is -4.95. The van der Waals surface area contributed by atoms with Crippen LogP contribution in [0.1, 0.15) is 25.0 Å². The Morgan fingerprint density at radius 1 is 0.450 bits per heavy atom. The molecule has 0 saturated carbocycles. The van der Waals surface area contributed by atoms with Gasteiger partial charge >= 0.3 is 0 Å². The van der Waals surface area contributed by atoms with Gasteiger partial charge in [0.25, 0.3) is 0 Å². The summed E-state index contributed by atoms with van der Waals surface area (Å²) in [5.74, 6) is 0. The smallest absolute Gasteiger partial charge is 0.0715 e. The molecule has 1 aliphatic rings. The van der Waals surface area contributed by atoms with Crippen LogP contribution >= 0.6 is 0 Å². The van der Waals surface area contributed by atoms with Crippen molar-refractivity contribution in [3.8, 4) is 33.6 Å². The topological polar surface area (TPSA) is 16.1 Å². The van der Waals surface area contributed by atoms with Crippen molar-refractivity contribution in [2.24, 2.45) is 0 Å². The van der Waals surface area contributed by atoms with Gasteiger partial charge in [-0.25, -0.2) is 4.98 Å². The Bertz CT molecular complexity index is 1710. The van der Waals surface area contributed by atoms with Crippen LogP contribution in [0.2, 0.25) is 0 Å². The molecule has 0 saturated heterocycles. The Kier molecular flexibility index (Phi) is 5.82. The van der Waals surface area contributed by atoms with Crippen LogP contribution in [0, 0.1) is 0 Å². The quantitative estimate of drug-likeness (QED) is 0.233. The van der Waals surface area contributed by atoms with Crippen LogP contribution in [0.3, 0.4) is 0 Å². The molecular formula is C38H30N2. The van der Waals surface area contributed by atoms with Crippen molar-refractivity contribution in [1.82, 2.24) is 4.98 Å². The van der Waals surface area contributed by atoms with Gasteiger partial charge in [0, 0.05) is 22.2 Å². The fourth-order valence-corrected chi connectivity index (χ4v) is 5.98. The molecule has 0 radical (unpaired) electrons. The molecule has 1 aliphatic heterocycles. The Morgan fingerprint density at radius 2 is 0.925 bits per heavy atom. The van der Waals surface area contributed by atoms with E-state index in [1.54, 1.807) is 0 Å². The first-order chi connectivity index (χ1) is 19.6. The molecule has 2 heteroatoms. The highest BCUT2D eigenvalue weighted by molar-refractivity contribution is 5.88. The van der Waals surface area contributed by atoms with Crippen molar-refractivity contribution in [3.05, 3.63) is 157 Å². The minimum atomic E-state index is -0.0818. The van der Waals surface area contributed by atoms with Crippen LogP contribution in [0.4, 0.5) is 17.1 Å². The molecule has 0 fully saturated rings. The molecule has 5 aromatic carbocycles. The number of nitrogens with zero attached hydrogens (tertiary/aromatic N) is 2. The molecule has 0 unspecified atom stereocenters. The van der Waals surface area contributed by atoms with Crippen LogP contribution in [0.25, 0.3) is 33.6 Å². The van der Waals surface area contributed by atoms with E-state index in [1.807, 2.05) is 12.1 Å². The Balaban J connectivity index is 1.40. The minimum Gasteiger partial charge on any atom is -0.310 e. The van der Waals surface area contributed by atoms with E-state index >= 15 is 0 Å². The summed E-state index contributed by atoms with van der Waals surface area (Å²) in [7, 11) is 0. The van der Waals surface area contributed by atoms with E-state index in [0.717, 1.165) is 39.3 Å². The van der Waals surface area contributed by atoms with Crippen molar-refractivity contribution in [1.29, 1.82) is 0 Å². The molecule has 0 aliphatic carbocycles. The first-order valence-electron chi connectivity index (χ1n) is 13.8. The van der Waals surface area contributed by atoms with Gasteiger partial charge in [0.05, 0.1) is 22.8 Å². The van der Waals surface area contributed by atoms with Crippen molar-refractivity contribution in [2.45, 2.75) is 19.3 Å². The summed E-state index contributed by atoms with van der Waals surface area (Å²) < 4.78 is 0. The average Bonchev–Trinajstić information content (AvgIpc) is 3.02. The lowest BCUT2D eigenvalue weighted by Crippen LogP contribution is -2.30. The first kappa shape index (κ1) is 24.1. The third-order valence-corrected chi connectivity index (χ3v) is 8.04. The maximum atomic E-state index is 5.08. The van der Waals surface area contributed by atoms with E-state index in [-0.39, 0.29) is 5.41 Å². The summed E-state index contributed by atoms with van der Waals surface area (Å²) in [5, 5.41) is 0.